The summed E-state index contributed by atoms with van der Waals surface area (Å²) in [5, 5.41) is 12.5. The first kappa shape index (κ1) is 23.9. The van der Waals surface area contributed by atoms with Crippen LogP contribution >= 0.6 is 43.5 Å². The highest BCUT2D eigenvalue weighted by Gasteiger charge is 2.15. The second-order valence-corrected chi connectivity index (χ2v) is 8.63. The monoisotopic (exact) mass is 574 g/mol. The number of amides is 1. The molecular formula is C24H17Br2ClN2O3. The fraction of sp³-hybridized carbons (Fsp3) is 0.0833. The van der Waals surface area contributed by atoms with E-state index in [1.807, 2.05) is 30.3 Å². The van der Waals surface area contributed by atoms with Gasteiger partial charge in [0.1, 0.15) is 18.2 Å². The van der Waals surface area contributed by atoms with Gasteiger partial charge in [-0.2, -0.15) is 5.26 Å². The van der Waals surface area contributed by atoms with E-state index >= 15 is 0 Å². The summed E-state index contributed by atoms with van der Waals surface area (Å²) in [6.07, 6.45) is 1.47. The fourth-order valence-corrected chi connectivity index (χ4v) is 3.95. The van der Waals surface area contributed by atoms with Crippen LogP contribution in [-0.2, 0) is 11.4 Å². The van der Waals surface area contributed by atoms with E-state index in [4.69, 9.17) is 21.1 Å². The van der Waals surface area contributed by atoms with Gasteiger partial charge in [0.15, 0.2) is 11.5 Å². The number of para-hydroxylation sites is 1. The SMILES string of the molecule is COc1cc(/C=C(\C#N)C(=O)Nc2ccccc2Cl)cc(Br)c1OCc1ccccc1Br. The lowest BCUT2D eigenvalue weighted by molar-refractivity contribution is -0.112. The van der Waals surface area contributed by atoms with E-state index in [2.05, 4.69) is 37.2 Å². The molecule has 0 saturated carbocycles. The van der Waals surface area contributed by atoms with Gasteiger partial charge in [-0.25, -0.2) is 0 Å². The van der Waals surface area contributed by atoms with Gasteiger partial charge in [-0.05, 0) is 57.9 Å². The largest absolute Gasteiger partial charge is 0.493 e. The average Bonchev–Trinajstić information content (AvgIpc) is 2.78. The van der Waals surface area contributed by atoms with Crippen molar-refractivity contribution >= 4 is 61.1 Å². The fourth-order valence-electron chi connectivity index (χ4n) is 2.80. The van der Waals surface area contributed by atoms with Gasteiger partial charge in [0.25, 0.3) is 5.91 Å². The number of hydrogen-bond acceptors (Lipinski definition) is 4. The smallest absolute Gasteiger partial charge is 0.266 e. The number of nitriles is 1. The molecule has 3 aromatic rings. The molecule has 32 heavy (non-hydrogen) atoms. The molecule has 0 saturated heterocycles. The van der Waals surface area contributed by atoms with E-state index in [-0.39, 0.29) is 5.57 Å². The third kappa shape index (κ3) is 5.92. The predicted molar refractivity (Wildman–Crippen MR) is 133 cm³/mol. The Morgan fingerprint density at radius 3 is 2.53 bits per heavy atom. The molecule has 0 aliphatic heterocycles. The summed E-state index contributed by atoms with van der Waals surface area (Å²) < 4.78 is 13.0. The number of carbonyl (C=O) groups excluding carboxylic acids is 1. The molecule has 5 nitrogen and oxygen atoms in total. The number of methoxy groups -OCH3 is 1. The van der Waals surface area contributed by atoms with Gasteiger partial charge >= 0.3 is 0 Å². The van der Waals surface area contributed by atoms with Crippen molar-refractivity contribution in [2.24, 2.45) is 0 Å². The zero-order valence-electron chi connectivity index (χ0n) is 16.9. The molecule has 8 heteroatoms. The Morgan fingerprint density at radius 2 is 1.84 bits per heavy atom. The van der Waals surface area contributed by atoms with Crippen LogP contribution in [0.25, 0.3) is 6.08 Å². The lowest BCUT2D eigenvalue weighted by Crippen LogP contribution is -2.13. The van der Waals surface area contributed by atoms with E-state index in [0.29, 0.717) is 38.9 Å². The van der Waals surface area contributed by atoms with Crippen molar-refractivity contribution in [1.82, 2.24) is 0 Å². The standard InChI is InChI=1S/C24H17Br2ClN2O3/c1-31-22-12-15(10-17(13-28)24(30)29-21-9-5-4-8-20(21)27)11-19(26)23(22)32-14-16-6-2-3-7-18(16)25/h2-12H,14H2,1H3,(H,29,30)/b17-10+. The Balaban J connectivity index is 1.84. The minimum atomic E-state index is -0.565. The van der Waals surface area contributed by atoms with Crippen LogP contribution in [0.1, 0.15) is 11.1 Å². The first-order chi connectivity index (χ1) is 15.4. The topological polar surface area (TPSA) is 71.3 Å². The summed E-state index contributed by atoms with van der Waals surface area (Å²) in [6.45, 7) is 0.329. The average molecular weight is 577 g/mol. The second kappa shape index (κ2) is 11.2. The van der Waals surface area contributed by atoms with Crippen LogP contribution < -0.4 is 14.8 Å². The molecule has 162 valence electrons. The van der Waals surface area contributed by atoms with E-state index in [9.17, 15) is 10.1 Å². The second-order valence-electron chi connectivity index (χ2n) is 6.52. The number of rotatable bonds is 7. The van der Waals surface area contributed by atoms with Crippen molar-refractivity contribution < 1.29 is 14.3 Å². The van der Waals surface area contributed by atoms with Gasteiger partial charge < -0.3 is 14.8 Å². The normalized spacial score (nSPS) is 10.9. The van der Waals surface area contributed by atoms with Gasteiger partial charge in [-0.15, -0.1) is 0 Å². The number of nitrogens with one attached hydrogen (secondary N) is 1. The Morgan fingerprint density at radius 1 is 1.12 bits per heavy atom. The molecule has 0 spiro atoms. The molecular weight excluding hydrogens is 560 g/mol. The summed E-state index contributed by atoms with van der Waals surface area (Å²) in [5.74, 6) is 0.408. The highest BCUT2D eigenvalue weighted by molar-refractivity contribution is 9.10. The van der Waals surface area contributed by atoms with Crippen molar-refractivity contribution in [1.29, 1.82) is 5.26 Å². The number of carbonyl (C=O) groups is 1. The third-order valence-corrected chi connectivity index (χ3v) is 6.07. The molecule has 3 aromatic carbocycles. The summed E-state index contributed by atoms with van der Waals surface area (Å²) in [5.41, 5.74) is 1.91. The summed E-state index contributed by atoms with van der Waals surface area (Å²) >= 11 is 13.1. The first-order valence-electron chi connectivity index (χ1n) is 9.34. The minimum absolute atomic E-state index is 0.0826. The number of nitrogens with zero attached hydrogens (tertiary/aromatic N) is 1. The molecule has 0 atom stereocenters. The highest BCUT2D eigenvalue weighted by Crippen LogP contribution is 2.38. The minimum Gasteiger partial charge on any atom is -0.493 e. The number of hydrogen-bond donors (Lipinski definition) is 1. The maximum Gasteiger partial charge on any atom is 0.266 e. The van der Waals surface area contributed by atoms with Gasteiger partial charge in [-0.1, -0.05) is 57.9 Å². The van der Waals surface area contributed by atoms with Crippen LogP contribution in [0.15, 0.2) is 75.2 Å². The zero-order chi connectivity index (χ0) is 23.1. The first-order valence-corrected chi connectivity index (χ1v) is 11.3. The van der Waals surface area contributed by atoms with Crippen molar-refractivity contribution in [2.45, 2.75) is 6.61 Å². The molecule has 1 amide bonds. The summed E-state index contributed by atoms with van der Waals surface area (Å²) in [7, 11) is 1.52. The Labute approximate surface area is 207 Å². The molecule has 0 bridgehead atoms. The molecule has 0 radical (unpaired) electrons. The van der Waals surface area contributed by atoms with Gasteiger partial charge in [0, 0.05) is 10.0 Å². The maximum absolute atomic E-state index is 12.6. The third-order valence-electron chi connectivity index (χ3n) is 4.38. The van der Waals surface area contributed by atoms with Crippen molar-refractivity contribution in [3.63, 3.8) is 0 Å². The zero-order valence-corrected chi connectivity index (χ0v) is 20.8. The van der Waals surface area contributed by atoms with Gasteiger partial charge in [0.2, 0.25) is 0 Å². The molecule has 0 aliphatic carbocycles. The predicted octanol–water partition coefficient (Wildman–Crippen LogP) is 7.00. The van der Waals surface area contributed by atoms with Crippen LogP contribution in [0.5, 0.6) is 11.5 Å². The van der Waals surface area contributed by atoms with Gasteiger partial charge in [0.05, 0.1) is 22.3 Å². The number of halogens is 3. The lowest BCUT2D eigenvalue weighted by Gasteiger charge is -2.14. The molecule has 0 unspecified atom stereocenters. The molecule has 3 rings (SSSR count). The van der Waals surface area contributed by atoms with Gasteiger partial charge in [-0.3, -0.25) is 4.79 Å². The van der Waals surface area contributed by atoms with Crippen molar-refractivity contribution in [3.8, 4) is 17.6 Å². The van der Waals surface area contributed by atoms with E-state index < -0.39 is 5.91 Å². The maximum atomic E-state index is 12.6. The van der Waals surface area contributed by atoms with Crippen LogP contribution in [-0.4, -0.2) is 13.0 Å². The molecule has 0 aromatic heterocycles. The van der Waals surface area contributed by atoms with Crippen molar-refractivity contribution in [3.05, 3.63) is 91.3 Å². The van der Waals surface area contributed by atoms with E-state index in [0.717, 1.165) is 10.0 Å². The van der Waals surface area contributed by atoms with Crippen LogP contribution in [0, 0.1) is 11.3 Å². The van der Waals surface area contributed by atoms with Crippen molar-refractivity contribution in [2.75, 3.05) is 12.4 Å². The molecule has 0 fully saturated rings. The number of ether oxygens (including phenoxy) is 2. The molecule has 1 N–H and O–H groups in total. The van der Waals surface area contributed by atoms with Crippen LogP contribution in [0.3, 0.4) is 0 Å². The summed E-state index contributed by atoms with van der Waals surface area (Å²) in [4.78, 5) is 12.6. The lowest BCUT2D eigenvalue weighted by atomic mass is 10.1. The number of benzene rings is 3. The highest BCUT2D eigenvalue weighted by atomic mass is 79.9. The summed E-state index contributed by atoms with van der Waals surface area (Å²) in [6, 6.07) is 19.9. The number of anilines is 1. The molecule has 0 heterocycles. The van der Waals surface area contributed by atoms with E-state index in [1.54, 1.807) is 36.4 Å². The Hall–Kier alpha value is -2.79. The van der Waals surface area contributed by atoms with E-state index in [1.165, 1.54) is 13.2 Å². The Kier molecular flexibility index (Phi) is 8.34. The molecule has 0 aliphatic rings. The quantitative estimate of drug-likeness (QED) is 0.243. The Bertz CT molecular complexity index is 1220. The van der Waals surface area contributed by atoms with Crippen LogP contribution in [0.2, 0.25) is 5.02 Å². The van der Waals surface area contributed by atoms with Crippen LogP contribution in [0.4, 0.5) is 5.69 Å².